The second kappa shape index (κ2) is 6.65. The fourth-order valence-electron chi connectivity index (χ4n) is 4.46. The zero-order valence-corrected chi connectivity index (χ0v) is 16.2. The Labute approximate surface area is 164 Å². The second-order valence-electron chi connectivity index (χ2n) is 7.78. The molecule has 1 aromatic carbocycles. The molecular formula is C21H24N4O3. The van der Waals surface area contributed by atoms with E-state index in [0.717, 1.165) is 31.0 Å². The molecule has 2 aromatic rings. The molecule has 2 bridgehead atoms. The van der Waals surface area contributed by atoms with Crippen LogP contribution in [-0.4, -0.2) is 60.2 Å². The molecule has 0 spiro atoms. The van der Waals surface area contributed by atoms with Crippen LogP contribution in [0.2, 0.25) is 0 Å². The van der Waals surface area contributed by atoms with Crippen molar-refractivity contribution in [1.82, 2.24) is 14.9 Å². The van der Waals surface area contributed by atoms with Gasteiger partial charge in [-0.25, -0.2) is 9.97 Å². The summed E-state index contributed by atoms with van der Waals surface area (Å²) in [5, 5.41) is 0. The number of hydrogen-bond acceptors (Lipinski definition) is 6. The van der Waals surface area contributed by atoms with Gasteiger partial charge in [-0.2, -0.15) is 0 Å². The second-order valence-corrected chi connectivity index (χ2v) is 7.78. The highest BCUT2D eigenvalue weighted by Gasteiger charge is 2.48. The van der Waals surface area contributed by atoms with Crippen LogP contribution in [-0.2, 0) is 0 Å². The van der Waals surface area contributed by atoms with Crippen LogP contribution in [0.3, 0.4) is 0 Å². The Morgan fingerprint density at radius 1 is 1.11 bits per heavy atom. The van der Waals surface area contributed by atoms with E-state index in [2.05, 4.69) is 20.9 Å². The van der Waals surface area contributed by atoms with Crippen molar-refractivity contribution in [1.29, 1.82) is 0 Å². The van der Waals surface area contributed by atoms with Crippen molar-refractivity contribution in [2.24, 2.45) is 0 Å². The number of methoxy groups -OCH3 is 2. The lowest BCUT2D eigenvalue weighted by Gasteiger charge is -2.56. The fourth-order valence-corrected chi connectivity index (χ4v) is 4.46. The van der Waals surface area contributed by atoms with Crippen LogP contribution in [0.1, 0.15) is 41.2 Å². The van der Waals surface area contributed by atoms with Gasteiger partial charge in [0, 0.05) is 30.8 Å². The molecule has 4 heterocycles. The van der Waals surface area contributed by atoms with Crippen LogP contribution in [0, 0.1) is 0 Å². The number of piperazine rings is 1. The zero-order chi connectivity index (χ0) is 19.3. The first kappa shape index (κ1) is 17.3. The van der Waals surface area contributed by atoms with Crippen molar-refractivity contribution in [2.75, 3.05) is 32.2 Å². The summed E-state index contributed by atoms with van der Waals surface area (Å²) in [6, 6.07) is 7.96. The molecule has 146 valence electrons. The van der Waals surface area contributed by atoms with E-state index in [-0.39, 0.29) is 18.0 Å². The highest BCUT2D eigenvalue weighted by Crippen LogP contribution is 2.41. The van der Waals surface area contributed by atoms with E-state index in [4.69, 9.17) is 9.47 Å². The number of para-hydroxylation sites is 1. The van der Waals surface area contributed by atoms with Gasteiger partial charge in [0.25, 0.3) is 5.91 Å². The monoisotopic (exact) mass is 380 g/mol. The molecule has 2 atom stereocenters. The van der Waals surface area contributed by atoms with E-state index >= 15 is 0 Å². The molecule has 1 aromatic heterocycles. The number of nitrogens with zero attached hydrogens (tertiary/aromatic N) is 4. The van der Waals surface area contributed by atoms with E-state index in [1.807, 2.05) is 17.0 Å². The number of hydrogen-bond donors (Lipinski definition) is 0. The van der Waals surface area contributed by atoms with Crippen molar-refractivity contribution >= 4 is 11.7 Å². The van der Waals surface area contributed by atoms with Gasteiger partial charge in [0.2, 0.25) is 0 Å². The molecule has 4 fully saturated rings. The van der Waals surface area contributed by atoms with Gasteiger partial charge in [0.05, 0.1) is 31.9 Å². The molecule has 1 amide bonds. The quantitative estimate of drug-likeness (QED) is 0.794. The highest BCUT2D eigenvalue weighted by molar-refractivity contribution is 5.99. The largest absolute Gasteiger partial charge is 0.493 e. The summed E-state index contributed by atoms with van der Waals surface area (Å²) >= 11 is 0. The van der Waals surface area contributed by atoms with Gasteiger partial charge in [-0.15, -0.1) is 0 Å². The maximum Gasteiger partial charge on any atom is 0.258 e. The Morgan fingerprint density at radius 3 is 2.57 bits per heavy atom. The molecule has 1 saturated carbocycles. The minimum Gasteiger partial charge on any atom is -0.493 e. The number of piperidine rings is 1. The number of fused-ring (bicyclic) bond motifs is 2. The SMILES string of the molecule is COc1cccc(C(=O)N2C3CC2CN(c2cc(C4CC4)ncn2)C3)c1OC. The van der Waals surface area contributed by atoms with E-state index in [1.165, 1.54) is 12.8 Å². The molecule has 7 heteroatoms. The van der Waals surface area contributed by atoms with E-state index < -0.39 is 0 Å². The molecule has 6 rings (SSSR count). The van der Waals surface area contributed by atoms with E-state index in [1.54, 1.807) is 26.6 Å². The lowest BCUT2D eigenvalue weighted by molar-refractivity contribution is 0.00547. The first-order valence-electron chi connectivity index (χ1n) is 9.80. The van der Waals surface area contributed by atoms with Gasteiger partial charge in [0.1, 0.15) is 12.1 Å². The number of amides is 1. The number of aromatic nitrogens is 2. The minimum absolute atomic E-state index is 0.0120. The Hall–Kier alpha value is -2.83. The van der Waals surface area contributed by atoms with Gasteiger partial charge in [-0.3, -0.25) is 4.79 Å². The van der Waals surface area contributed by atoms with Crippen molar-refractivity contribution < 1.29 is 14.3 Å². The predicted octanol–water partition coefficient (Wildman–Crippen LogP) is 2.47. The summed E-state index contributed by atoms with van der Waals surface area (Å²) in [5.74, 6) is 2.69. The number of benzene rings is 1. The zero-order valence-electron chi connectivity index (χ0n) is 16.2. The molecule has 0 radical (unpaired) electrons. The topological polar surface area (TPSA) is 67.8 Å². The van der Waals surface area contributed by atoms with Crippen LogP contribution < -0.4 is 14.4 Å². The third kappa shape index (κ3) is 2.77. The lowest BCUT2D eigenvalue weighted by atomic mass is 9.86. The molecule has 3 aliphatic heterocycles. The molecule has 28 heavy (non-hydrogen) atoms. The maximum atomic E-state index is 13.2. The van der Waals surface area contributed by atoms with Gasteiger partial charge >= 0.3 is 0 Å². The minimum atomic E-state index is 0.0120. The van der Waals surface area contributed by atoms with Gasteiger partial charge in [-0.05, 0) is 31.4 Å². The summed E-state index contributed by atoms with van der Waals surface area (Å²) in [7, 11) is 3.15. The Balaban J connectivity index is 1.34. The summed E-state index contributed by atoms with van der Waals surface area (Å²) in [5.41, 5.74) is 1.71. The molecule has 2 unspecified atom stereocenters. The average molecular weight is 380 g/mol. The van der Waals surface area contributed by atoms with Crippen LogP contribution in [0.4, 0.5) is 5.82 Å². The first-order chi connectivity index (χ1) is 13.7. The van der Waals surface area contributed by atoms with Gasteiger partial charge < -0.3 is 19.3 Å². The normalized spacial score (nSPS) is 23.2. The fraction of sp³-hybridized carbons (Fsp3) is 0.476. The molecule has 0 N–H and O–H groups in total. The van der Waals surface area contributed by atoms with Crippen molar-refractivity contribution in [3.05, 3.63) is 41.9 Å². The van der Waals surface area contributed by atoms with E-state index in [0.29, 0.717) is 23.0 Å². The van der Waals surface area contributed by atoms with Crippen molar-refractivity contribution in [3.8, 4) is 11.5 Å². The third-order valence-electron chi connectivity index (χ3n) is 6.05. The number of carbonyl (C=O) groups is 1. The van der Waals surface area contributed by atoms with Crippen LogP contribution in [0.5, 0.6) is 11.5 Å². The van der Waals surface area contributed by atoms with Gasteiger partial charge in [0.15, 0.2) is 11.5 Å². The first-order valence-corrected chi connectivity index (χ1v) is 9.80. The Bertz CT molecular complexity index is 902. The van der Waals surface area contributed by atoms with Gasteiger partial charge in [-0.1, -0.05) is 6.07 Å². The molecule has 1 aliphatic carbocycles. The summed E-state index contributed by atoms with van der Waals surface area (Å²) in [6.07, 6.45) is 5.17. The van der Waals surface area contributed by atoms with Crippen LogP contribution >= 0.6 is 0 Å². The molecule has 3 saturated heterocycles. The number of anilines is 1. The molecule has 4 aliphatic rings. The Morgan fingerprint density at radius 2 is 1.89 bits per heavy atom. The Kier molecular flexibility index (Phi) is 4.10. The standard InChI is InChI=1S/C21H24N4O3/c1-27-18-5-3-4-16(20(18)28-2)21(26)25-14-8-15(25)11-24(10-14)19-9-17(13-6-7-13)22-12-23-19/h3-5,9,12-15H,6-8,10-11H2,1-2H3. The number of carbonyl (C=O) groups excluding carboxylic acids is 1. The van der Waals surface area contributed by atoms with Crippen molar-refractivity contribution in [2.45, 2.75) is 37.3 Å². The number of rotatable bonds is 5. The third-order valence-corrected chi connectivity index (χ3v) is 6.05. The smallest absolute Gasteiger partial charge is 0.258 e. The predicted molar refractivity (Wildman–Crippen MR) is 104 cm³/mol. The van der Waals surface area contributed by atoms with Crippen LogP contribution in [0.15, 0.2) is 30.6 Å². The average Bonchev–Trinajstić information content (AvgIpc) is 3.58. The summed E-state index contributed by atoms with van der Waals surface area (Å²) in [4.78, 5) is 26.4. The number of ether oxygens (including phenoxy) is 2. The maximum absolute atomic E-state index is 13.2. The van der Waals surface area contributed by atoms with Crippen LogP contribution in [0.25, 0.3) is 0 Å². The van der Waals surface area contributed by atoms with Crippen molar-refractivity contribution in [3.63, 3.8) is 0 Å². The summed E-state index contributed by atoms with van der Waals surface area (Å²) in [6.45, 7) is 1.60. The summed E-state index contributed by atoms with van der Waals surface area (Å²) < 4.78 is 10.8. The molecular weight excluding hydrogens is 356 g/mol. The molecule has 7 nitrogen and oxygen atoms in total. The van der Waals surface area contributed by atoms with E-state index in [9.17, 15) is 4.79 Å². The lowest BCUT2D eigenvalue weighted by Crippen LogP contribution is -2.70. The highest BCUT2D eigenvalue weighted by atomic mass is 16.5.